The summed E-state index contributed by atoms with van der Waals surface area (Å²) < 4.78 is 4.99. The molecule has 1 fully saturated rings. The third-order valence-corrected chi connectivity index (χ3v) is 4.06. The van der Waals surface area contributed by atoms with Crippen LogP contribution in [0, 0.1) is 0 Å². The predicted octanol–water partition coefficient (Wildman–Crippen LogP) is 3.82. The molecule has 3 heteroatoms. The van der Waals surface area contributed by atoms with Gasteiger partial charge in [0.05, 0.1) is 5.69 Å². The van der Waals surface area contributed by atoms with E-state index >= 15 is 0 Å². The lowest BCUT2D eigenvalue weighted by molar-refractivity contribution is 0.145. The molecule has 0 aromatic carbocycles. The van der Waals surface area contributed by atoms with Crippen LogP contribution in [-0.2, 0) is 0 Å². The summed E-state index contributed by atoms with van der Waals surface area (Å²) in [5.74, 6) is 0.610. The molecule has 1 unspecified atom stereocenters. The molecule has 0 aliphatic heterocycles. The van der Waals surface area contributed by atoms with Crippen molar-refractivity contribution >= 4 is 0 Å². The van der Waals surface area contributed by atoms with Gasteiger partial charge < -0.3 is 9.42 Å². The maximum Gasteiger partial charge on any atom is 0.124 e. The quantitative estimate of drug-likeness (QED) is 0.768. The van der Waals surface area contributed by atoms with Crippen molar-refractivity contribution < 1.29 is 4.52 Å². The molecule has 0 radical (unpaired) electrons. The Morgan fingerprint density at radius 1 is 1.28 bits per heavy atom. The lowest BCUT2D eigenvalue weighted by atomic mass is 9.83. The van der Waals surface area contributed by atoms with Crippen molar-refractivity contribution in [3.63, 3.8) is 0 Å². The molecule has 0 amide bonds. The highest BCUT2D eigenvalue weighted by molar-refractivity contribution is 5.06. The van der Waals surface area contributed by atoms with E-state index < -0.39 is 0 Å². The average molecular weight is 250 g/mol. The maximum absolute atomic E-state index is 4.99. The molecule has 18 heavy (non-hydrogen) atoms. The Morgan fingerprint density at radius 3 is 2.67 bits per heavy atom. The van der Waals surface area contributed by atoms with Crippen LogP contribution in [-0.4, -0.2) is 29.2 Å². The van der Waals surface area contributed by atoms with Crippen molar-refractivity contribution in [3.05, 3.63) is 18.0 Å². The average Bonchev–Trinajstić information content (AvgIpc) is 2.93. The molecule has 2 rings (SSSR count). The summed E-state index contributed by atoms with van der Waals surface area (Å²) in [6, 6.07) is 2.79. The van der Waals surface area contributed by atoms with E-state index in [1.54, 1.807) is 6.26 Å². The van der Waals surface area contributed by atoms with Gasteiger partial charge in [0.15, 0.2) is 0 Å². The SMILES string of the molecule is CCCN(CCC)[C@@H]1CCCC(c2ccon2)C1. The van der Waals surface area contributed by atoms with Gasteiger partial charge in [-0.05, 0) is 45.2 Å². The zero-order valence-electron chi connectivity index (χ0n) is 11.8. The Bertz CT molecular complexity index is 317. The van der Waals surface area contributed by atoms with E-state index in [1.807, 2.05) is 6.07 Å². The van der Waals surface area contributed by atoms with Gasteiger partial charge in [-0.1, -0.05) is 25.4 Å². The van der Waals surface area contributed by atoms with Crippen LogP contribution in [0.4, 0.5) is 0 Å². The monoisotopic (exact) mass is 250 g/mol. The molecule has 0 N–H and O–H groups in total. The first-order valence-electron chi connectivity index (χ1n) is 7.49. The van der Waals surface area contributed by atoms with Gasteiger partial charge in [-0.3, -0.25) is 0 Å². The minimum absolute atomic E-state index is 0.610. The number of hydrogen-bond donors (Lipinski definition) is 0. The fraction of sp³-hybridized carbons (Fsp3) is 0.800. The maximum atomic E-state index is 4.99. The molecule has 0 bridgehead atoms. The van der Waals surface area contributed by atoms with Crippen LogP contribution in [0.3, 0.4) is 0 Å². The lowest BCUT2D eigenvalue weighted by Crippen LogP contribution is -2.39. The second-order valence-corrected chi connectivity index (χ2v) is 5.48. The van der Waals surface area contributed by atoms with Gasteiger partial charge in [0.2, 0.25) is 0 Å². The fourth-order valence-electron chi connectivity index (χ4n) is 3.25. The highest BCUT2D eigenvalue weighted by Gasteiger charge is 2.28. The van der Waals surface area contributed by atoms with E-state index in [2.05, 4.69) is 23.9 Å². The van der Waals surface area contributed by atoms with Crippen LogP contribution < -0.4 is 0 Å². The molecule has 1 aromatic rings. The fourth-order valence-corrected chi connectivity index (χ4v) is 3.25. The van der Waals surface area contributed by atoms with Crippen LogP contribution >= 0.6 is 0 Å². The Kier molecular flexibility index (Phi) is 5.24. The largest absolute Gasteiger partial charge is 0.365 e. The summed E-state index contributed by atoms with van der Waals surface area (Å²) in [6.45, 7) is 7.04. The van der Waals surface area contributed by atoms with Gasteiger partial charge in [0, 0.05) is 18.0 Å². The van der Waals surface area contributed by atoms with Crippen molar-refractivity contribution in [1.29, 1.82) is 0 Å². The first kappa shape index (κ1) is 13.6. The summed E-state index contributed by atoms with van der Waals surface area (Å²) in [4.78, 5) is 2.69. The van der Waals surface area contributed by atoms with Crippen LogP contribution in [0.2, 0.25) is 0 Å². The number of hydrogen-bond acceptors (Lipinski definition) is 3. The molecule has 1 aromatic heterocycles. The normalized spacial score (nSPS) is 24.6. The molecular weight excluding hydrogens is 224 g/mol. The first-order chi connectivity index (χ1) is 8.85. The molecule has 0 saturated heterocycles. The molecule has 0 spiro atoms. The Balaban J connectivity index is 1.96. The van der Waals surface area contributed by atoms with Gasteiger partial charge in [-0.2, -0.15) is 0 Å². The smallest absolute Gasteiger partial charge is 0.124 e. The van der Waals surface area contributed by atoms with Crippen molar-refractivity contribution in [3.8, 4) is 0 Å². The number of nitrogens with zero attached hydrogens (tertiary/aromatic N) is 2. The van der Waals surface area contributed by atoms with Crippen LogP contribution in [0.5, 0.6) is 0 Å². The molecule has 3 nitrogen and oxygen atoms in total. The minimum atomic E-state index is 0.610. The summed E-state index contributed by atoms with van der Waals surface area (Å²) in [5, 5.41) is 4.13. The van der Waals surface area contributed by atoms with E-state index in [-0.39, 0.29) is 0 Å². The first-order valence-corrected chi connectivity index (χ1v) is 7.49. The zero-order valence-corrected chi connectivity index (χ0v) is 11.8. The van der Waals surface area contributed by atoms with Gasteiger partial charge >= 0.3 is 0 Å². The molecular formula is C15H26N2O. The molecule has 1 saturated carbocycles. The summed E-state index contributed by atoms with van der Waals surface area (Å²) in [7, 11) is 0. The van der Waals surface area contributed by atoms with Crippen LogP contribution in [0.15, 0.2) is 16.9 Å². The van der Waals surface area contributed by atoms with Crippen LogP contribution in [0.25, 0.3) is 0 Å². The zero-order chi connectivity index (χ0) is 12.8. The summed E-state index contributed by atoms with van der Waals surface area (Å²) >= 11 is 0. The second-order valence-electron chi connectivity index (χ2n) is 5.48. The number of aromatic nitrogens is 1. The molecule has 1 aliphatic carbocycles. The molecule has 1 heterocycles. The third kappa shape index (κ3) is 3.35. The minimum Gasteiger partial charge on any atom is -0.365 e. The summed E-state index contributed by atoms with van der Waals surface area (Å²) in [6.07, 6.45) is 9.42. The Morgan fingerprint density at radius 2 is 2.06 bits per heavy atom. The number of rotatable bonds is 6. The lowest BCUT2D eigenvalue weighted by Gasteiger charge is -2.37. The molecule has 1 aliphatic rings. The van der Waals surface area contributed by atoms with E-state index in [0.29, 0.717) is 5.92 Å². The second kappa shape index (κ2) is 6.93. The summed E-state index contributed by atoms with van der Waals surface area (Å²) in [5.41, 5.74) is 1.16. The van der Waals surface area contributed by atoms with Gasteiger partial charge in [0.1, 0.15) is 6.26 Å². The Labute approximate surface area is 111 Å². The van der Waals surface area contributed by atoms with Crippen molar-refractivity contribution in [2.75, 3.05) is 13.1 Å². The standard InChI is InChI=1S/C15H26N2O/c1-3-9-17(10-4-2)14-7-5-6-13(12-14)15-8-11-18-16-15/h8,11,13-14H,3-7,9-10,12H2,1-2H3/t13?,14-/m1/s1. The topological polar surface area (TPSA) is 29.3 Å². The van der Waals surface area contributed by atoms with Crippen molar-refractivity contribution in [2.24, 2.45) is 0 Å². The van der Waals surface area contributed by atoms with E-state index in [0.717, 1.165) is 11.7 Å². The van der Waals surface area contributed by atoms with E-state index in [1.165, 1.54) is 51.6 Å². The van der Waals surface area contributed by atoms with Gasteiger partial charge in [-0.15, -0.1) is 0 Å². The highest BCUT2D eigenvalue weighted by Crippen LogP contribution is 2.34. The molecule has 2 atom stereocenters. The van der Waals surface area contributed by atoms with E-state index in [4.69, 9.17) is 4.52 Å². The molecule has 102 valence electrons. The Hall–Kier alpha value is -0.830. The van der Waals surface area contributed by atoms with Gasteiger partial charge in [-0.25, -0.2) is 0 Å². The van der Waals surface area contributed by atoms with Gasteiger partial charge in [0.25, 0.3) is 0 Å². The van der Waals surface area contributed by atoms with Crippen molar-refractivity contribution in [1.82, 2.24) is 10.1 Å². The predicted molar refractivity (Wildman–Crippen MR) is 73.7 cm³/mol. The van der Waals surface area contributed by atoms with E-state index in [9.17, 15) is 0 Å². The highest BCUT2D eigenvalue weighted by atomic mass is 16.5. The van der Waals surface area contributed by atoms with Crippen LogP contribution in [0.1, 0.15) is 64.0 Å². The third-order valence-electron chi connectivity index (χ3n) is 4.06. The van der Waals surface area contributed by atoms with Crippen molar-refractivity contribution in [2.45, 2.75) is 64.3 Å².